The molecule has 1 heterocycles. The zero-order chi connectivity index (χ0) is 11.8. The molecule has 5 nitrogen and oxygen atoms in total. The number of amides is 2. The van der Waals surface area contributed by atoms with Crippen molar-refractivity contribution in [1.29, 1.82) is 0 Å². The highest BCUT2D eigenvalue weighted by Gasteiger charge is 2.14. The number of likely N-dealkylation sites (N-methyl/N-ethyl adjacent to an activating group) is 1. The number of carbonyl (C=O) groups is 2. The van der Waals surface area contributed by atoms with Gasteiger partial charge in [0.05, 0.1) is 6.61 Å². The zero-order valence-corrected chi connectivity index (χ0v) is 9.69. The summed E-state index contributed by atoms with van der Waals surface area (Å²) >= 11 is 0. The molecule has 0 radical (unpaired) electrons. The van der Waals surface area contributed by atoms with Crippen LogP contribution < -0.4 is 0 Å². The number of rotatable bonds is 2. The highest BCUT2D eigenvalue weighted by Crippen LogP contribution is 2.04. The standard InChI is InChI=1S/C5H11NO2.C5H9NO/c1-5(8)6(2)3-4-7;1-6-4-2-3-5(6)7/h7H,3-4H2,1-2H3;2-4H2,1H3. The molecule has 0 aromatic rings. The summed E-state index contributed by atoms with van der Waals surface area (Å²) in [5.74, 6) is 0.277. The van der Waals surface area contributed by atoms with Crippen molar-refractivity contribution in [1.82, 2.24) is 9.80 Å². The summed E-state index contributed by atoms with van der Waals surface area (Å²) in [5.41, 5.74) is 0. The van der Waals surface area contributed by atoms with E-state index in [4.69, 9.17) is 5.11 Å². The Bertz CT molecular complexity index is 219. The normalized spacial score (nSPS) is 14.7. The maximum absolute atomic E-state index is 10.5. The fraction of sp³-hybridized carbons (Fsp3) is 0.800. The smallest absolute Gasteiger partial charge is 0.222 e. The van der Waals surface area contributed by atoms with E-state index in [1.54, 1.807) is 11.9 Å². The van der Waals surface area contributed by atoms with Crippen molar-refractivity contribution in [3.05, 3.63) is 0 Å². The van der Waals surface area contributed by atoms with Crippen LogP contribution >= 0.6 is 0 Å². The molecule has 5 heteroatoms. The molecule has 1 rings (SSSR count). The van der Waals surface area contributed by atoms with Gasteiger partial charge < -0.3 is 14.9 Å². The molecule has 0 spiro atoms. The lowest BCUT2D eigenvalue weighted by Crippen LogP contribution is -2.26. The first-order valence-corrected chi connectivity index (χ1v) is 5.05. The average molecular weight is 216 g/mol. The van der Waals surface area contributed by atoms with Gasteiger partial charge in [0, 0.05) is 40.5 Å². The Hall–Kier alpha value is -1.10. The predicted octanol–water partition coefficient (Wildman–Crippen LogP) is -0.304. The van der Waals surface area contributed by atoms with Crippen LogP contribution in [0.3, 0.4) is 0 Å². The first-order chi connectivity index (χ1) is 6.99. The van der Waals surface area contributed by atoms with E-state index in [1.807, 2.05) is 7.05 Å². The molecule has 0 aromatic heterocycles. The van der Waals surface area contributed by atoms with E-state index in [9.17, 15) is 9.59 Å². The summed E-state index contributed by atoms with van der Waals surface area (Å²) in [5, 5.41) is 8.29. The van der Waals surface area contributed by atoms with Gasteiger partial charge in [0.1, 0.15) is 0 Å². The quantitative estimate of drug-likeness (QED) is 0.689. The third-order valence-corrected chi connectivity index (χ3v) is 2.28. The second-order valence-corrected chi connectivity index (χ2v) is 3.58. The van der Waals surface area contributed by atoms with Gasteiger partial charge in [-0.25, -0.2) is 0 Å². The lowest BCUT2D eigenvalue weighted by atomic mass is 10.4. The summed E-state index contributed by atoms with van der Waals surface area (Å²) in [6, 6.07) is 0. The maximum Gasteiger partial charge on any atom is 0.222 e. The molecule has 15 heavy (non-hydrogen) atoms. The molecule has 88 valence electrons. The van der Waals surface area contributed by atoms with Crippen LogP contribution in [0.4, 0.5) is 0 Å². The summed E-state index contributed by atoms with van der Waals surface area (Å²) in [6.45, 7) is 2.89. The van der Waals surface area contributed by atoms with Crippen molar-refractivity contribution >= 4 is 11.8 Å². The SMILES string of the molecule is CC(=O)N(C)CCO.CN1CCCC1=O. The number of hydrogen-bond acceptors (Lipinski definition) is 3. The van der Waals surface area contributed by atoms with Crippen LogP contribution in [0.25, 0.3) is 0 Å². The molecular formula is C10H20N2O3. The lowest BCUT2D eigenvalue weighted by Gasteiger charge is -2.11. The van der Waals surface area contributed by atoms with Gasteiger partial charge in [-0.1, -0.05) is 0 Å². The fourth-order valence-corrected chi connectivity index (χ4v) is 1.09. The van der Waals surface area contributed by atoms with Gasteiger partial charge >= 0.3 is 0 Å². The third-order valence-electron chi connectivity index (χ3n) is 2.28. The van der Waals surface area contributed by atoms with E-state index >= 15 is 0 Å². The predicted molar refractivity (Wildman–Crippen MR) is 57.3 cm³/mol. The lowest BCUT2D eigenvalue weighted by molar-refractivity contribution is -0.128. The minimum atomic E-state index is -0.0148. The van der Waals surface area contributed by atoms with Crippen molar-refractivity contribution in [3.8, 4) is 0 Å². The Balaban J connectivity index is 0.000000262. The molecule has 1 aliphatic heterocycles. The minimum absolute atomic E-state index is 0.0148. The van der Waals surface area contributed by atoms with Crippen LogP contribution in [0.1, 0.15) is 19.8 Å². The number of aliphatic hydroxyl groups excluding tert-OH is 1. The van der Waals surface area contributed by atoms with Crippen LogP contribution in [-0.4, -0.2) is 60.5 Å². The first kappa shape index (κ1) is 13.9. The summed E-state index contributed by atoms with van der Waals surface area (Å²) in [4.78, 5) is 24.1. The molecule has 1 fully saturated rings. The molecule has 1 saturated heterocycles. The number of nitrogens with zero attached hydrogens (tertiary/aromatic N) is 2. The topological polar surface area (TPSA) is 60.9 Å². The molecule has 1 aliphatic rings. The second-order valence-electron chi connectivity index (χ2n) is 3.58. The highest BCUT2D eigenvalue weighted by molar-refractivity contribution is 5.77. The van der Waals surface area contributed by atoms with E-state index in [1.165, 1.54) is 11.8 Å². The average Bonchev–Trinajstić information content (AvgIpc) is 2.52. The number of hydrogen-bond donors (Lipinski definition) is 1. The van der Waals surface area contributed by atoms with Gasteiger partial charge in [0.25, 0.3) is 0 Å². The molecule has 0 bridgehead atoms. The van der Waals surface area contributed by atoms with Crippen molar-refractivity contribution in [2.24, 2.45) is 0 Å². The monoisotopic (exact) mass is 216 g/mol. The van der Waals surface area contributed by atoms with Gasteiger partial charge in [-0.15, -0.1) is 0 Å². The molecule has 0 saturated carbocycles. The molecule has 0 aromatic carbocycles. The molecule has 0 unspecified atom stereocenters. The summed E-state index contributed by atoms with van der Waals surface area (Å²) in [6.07, 6.45) is 1.81. The molecular weight excluding hydrogens is 196 g/mol. The van der Waals surface area contributed by atoms with Crippen molar-refractivity contribution in [2.45, 2.75) is 19.8 Å². The van der Waals surface area contributed by atoms with Crippen LogP contribution in [0, 0.1) is 0 Å². The fourth-order valence-electron chi connectivity index (χ4n) is 1.09. The van der Waals surface area contributed by atoms with Gasteiger partial charge in [-0.05, 0) is 6.42 Å². The Kier molecular flexibility index (Phi) is 6.70. The molecule has 0 aliphatic carbocycles. The van der Waals surface area contributed by atoms with E-state index < -0.39 is 0 Å². The van der Waals surface area contributed by atoms with Crippen LogP contribution in [0.15, 0.2) is 0 Å². The molecule has 0 atom stereocenters. The van der Waals surface area contributed by atoms with Crippen LogP contribution in [-0.2, 0) is 9.59 Å². The Morgan fingerprint density at radius 2 is 2.20 bits per heavy atom. The Morgan fingerprint density at radius 3 is 2.33 bits per heavy atom. The summed E-state index contributed by atoms with van der Waals surface area (Å²) < 4.78 is 0. The van der Waals surface area contributed by atoms with E-state index in [-0.39, 0.29) is 12.5 Å². The van der Waals surface area contributed by atoms with E-state index in [2.05, 4.69) is 0 Å². The van der Waals surface area contributed by atoms with Crippen LogP contribution in [0.2, 0.25) is 0 Å². The number of likely N-dealkylation sites (tertiary alicyclic amines) is 1. The van der Waals surface area contributed by atoms with Gasteiger partial charge in [-0.3, -0.25) is 9.59 Å². The maximum atomic E-state index is 10.5. The first-order valence-electron chi connectivity index (χ1n) is 5.05. The van der Waals surface area contributed by atoms with E-state index in [0.29, 0.717) is 12.5 Å². The van der Waals surface area contributed by atoms with E-state index in [0.717, 1.165) is 19.4 Å². The van der Waals surface area contributed by atoms with Crippen molar-refractivity contribution < 1.29 is 14.7 Å². The summed E-state index contributed by atoms with van der Waals surface area (Å²) in [7, 11) is 3.49. The Labute approximate surface area is 90.7 Å². The van der Waals surface area contributed by atoms with Gasteiger partial charge in [0.2, 0.25) is 11.8 Å². The highest BCUT2D eigenvalue weighted by atomic mass is 16.3. The zero-order valence-electron chi connectivity index (χ0n) is 9.69. The van der Waals surface area contributed by atoms with Crippen LogP contribution in [0.5, 0.6) is 0 Å². The third kappa shape index (κ3) is 6.06. The molecule has 2 amide bonds. The largest absolute Gasteiger partial charge is 0.395 e. The van der Waals surface area contributed by atoms with Crippen molar-refractivity contribution in [2.75, 3.05) is 33.8 Å². The molecule has 1 N–H and O–H groups in total. The van der Waals surface area contributed by atoms with Gasteiger partial charge in [0.15, 0.2) is 0 Å². The van der Waals surface area contributed by atoms with Gasteiger partial charge in [-0.2, -0.15) is 0 Å². The number of aliphatic hydroxyl groups is 1. The Morgan fingerprint density at radius 1 is 1.60 bits per heavy atom. The minimum Gasteiger partial charge on any atom is -0.395 e. The number of carbonyl (C=O) groups excluding carboxylic acids is 2. The van der Waals surface area contributed by atoms with Crippen molar-refractivity contribution in [3.63, 3.8) is 0 Å². The second kappa shape index (κ2) is 7.23.